The molecule has 2 fully saturated rings. The number of carbonyl (C=O) groups is 1. The highest BCUT2D eigenvalue weighted by Crippen LogP contribution is 2.76. The summed E-state index contributed by atoms with van der Waals surface area (Å²) in [7, 11) is 0. The van der Waals surface area contributed by atoms with Gasteiger partial charge in [0, 0.05) is 5.41 Å². The van der Waals surface area contributed by atoms with E-state index in [-0.39, 0.29) is 5.41 Å². The van der Waals surface area contributed by atoms with Crippen molar-refractivity contribution in [1.29, 1.82) is 0 Å². The summed E-state index contributed by atoms with van der Waals surface area (Å²) in [4.78, 5) is 16.8. The van der Waals surface area contributed by atoms with Crippen LogP contribution in [0.15, 0.2) is 24.3 Å². The average Bonchev–Trinajstić information content (AvgIpc) is 3.03. The Morgan fingerprint density at radius 1 is 1.32 bits per heavy atom. The molecule has 1 aromatic carbocycles. The minimum atomic E-state index is -1.10. The van der Waals surface area contributed by atoms with Crippen LogP contribution in [-0.4, -0.2) is 16.6 Å². The molecule has 3 rings (SSSR count). The Kier molecular flexibility index (Phi) is 4.49. The molecule has 3 unspecified atom stereocenters. The van der Waals surface area contributed by atoms with E-state index in [4.69, 9.17) is 4.84 Å². The summed E-state index contributed by atoms with van der Waals surface area (Å²) in [6.07, 6.45) is 3.85. The van der Waals surface area contributed by atoms with Gasteiger partial charge in [0.05, 0.1) is 6.61 Å². The van der Waals surface area contributed by atoms with Gasteiger partial charge in [0.15, 0.2) is 0 Å². The number of benzene rings is 1. The molecule has 0 aromatic heterocycles. The van der Waals surface area contributed by atoms with Crippen LogP contribution in [0, 0.1) is 17.3 Å². The van der Waals surface area contributed by atoms with Crippen LogP contribution in [0.5, 0.6) is 0 Å². The zero-order valence-electron chi connectivity index (χ0n) is 16.1. The normalized spacial score (nSPS) is 30.6. The summed E-state index contributed by atoms with van der Waals surface area (Å²) >= 11 is 0. The summed E-state index contributed by atoms with van der Waals surface area (Å²) in [5.41, 5.74) is 4.72. The van der Waals surface area contributed by atoms with Crippen molar-refractivity contribution in [2.45, 2.75) is 71.4 Å². The molecule has 0 amide bonds. The van der Waals surface area contributed by atoms with Crippen LogP contribution in [0.1, 0.15) is 65.0 Å². The van der Waals surface area contributed by atoms with Crippen LogP contribution in [0.4, 0.5) is 0 Å². The SMILES string of the molecule is CC1CCC2C(C)(C)C2(c2ccccc2CONC(C)(C)C(=O)O)C1. The Bertz CT molecular complexity index is 667. The second-order valence-electron chi connectivity index (χ2n) is 9.11. The molecule has 0 radical (unpaired) electrons. The second kappa shape index (κ2) is 6.10. The minimum absolute atomic E-state index is 0.243. The van der Waals surface area contributed by atoms with Crippen LogP contribution < -0.4 is 5.48 Å². The van der Waals surface area contributed by atoms with E-state index in [2.05, 4.69) is 44.5 Å². The molecule has 4 nitrogen and oxygen atoms in total. The van der Waals surface area contributed by atoms with Crippen molar-refractivity contribution in [1.82, 2.24) is 5.48 Å². The van der Waals surface area contributed by atoms with Crippen molar-refractivity contribution in [3.05, 3.63) is 35.4 Å². The van der Waals surface area contributed by atoms with Crippen LogP contribution in [0.2, 0.25) is 0 Å². The first-order chi connectivity index (χ1) is 11.6. The lowest BCUT2D eigenvalue weighted by Crippen LogP contribution is -2.46. The Balaban J connectivity index is 1.81. The van der Waals surface area contributed by atoms with Crippen LogP contribution >= 0.6 is 0 Å². The van der Waals surface area contributed by atoms with Crippen LogP contribution in [-0.2, 0) is 21.7 Å². The van der Waals surface area contributed by atoms with Crippen molar-refractivity contribution in [2.75, 3.05) is 0 Å². The van der Waals surface area contributed by atoms with Gasteiger partial charge in [-0.05, 0) is 55.1 Å². The van der Waals surface area contributed by atoms with Gasteiger partial charge in [-0.1, -0.05) is 51.5 Å². The van der Waals surface area contributed by atoms with E-state index in [1.54, 1.807) is 13.8 Å². The van der Waals surface area contributed by atoms with Gasteiger partial charge in [-0.2, -0.15) is 5.48 Å². The molecule has 2 aliphatic rings. The fourth-order valence-corrected chi connectivity index (χ4v) is 5.15. The Morgan fingerprint density at radius 3 is 2.68 bits per heavy atom. The largest absolute Gasteiger partial charge is 0.480 e. The van der Waals surface area contributed by atoms with Crippen LogP contribution in [0.3, 0.4) is 0 Å². The molecule has 0 spiro atoms. The van der Waals surface area contributed by atoms with Gasteiger partial charge in [-0.25, -0.2) is 0 Å². The maximum atomic E-state index is 11.2. The number of hydroxylamine groups is 1. The molecule has 0 bridgehead atoms. The van der Waals surface area contributed by atoms with Gasteiger partial charge in [-0.15, -0.1) is 0 Å². The van der Waals surface area contributed by atoms with Gasteiger partial charge in [0.1, 0.15) is 5.54 Å². The Morgan fingerprint density at radius 2 is 2.00 bits per heavy atom. The molecule has 2 aliphatic carbocycles. The molecule has 138 valence electrons. The van der Waals surface area contributed by atoms with E-state index >= 15 is 0 Å². The van der Waals surface area contributed by atoms with E-state index in [0.29, 0.717) is 12.0 Å². The minimum Gasteiger partial charge on any atom is -0.480 e. The van der Waals surface area contributed by atoms with Crippen molar-refractivity contribution >= 4 is 5.97 Å². The van der Waals surface area contributed by atoms with Crippen molar-refractivity contribution in [3.8, 4) is 0 Å². The number of hydrogen-bond acceptors (Lipinski definition) is 3. The third kappa shape index (κ3) is 2.89. The molecular formula is C21H31NO3. The second-order valence-corrected chi connectivity index (χ2v) is 9.11. The summed E-state index contributed by atoms with van der Waals surface area (Å²) in [5.74, 6) is 0.556. The standard InChI is InChI=1S/C21H31NO3/c1-14-10-11-17-19(2,3)21(17,12-14)16-9-7-6-8-15(16)13-25-22-20(4,5)18(23)24/h6-9,14,17,22H,10-13H2,1-5H3,(H,23,24). The molecule has 0 heterocycles. The molecular weight excluding hydrogens is 314 g/mol. The highest BCUT2D eigenvalue weighted by Gasteiger charge is 2.72. The van der Waals surface area contributed by atoms with E-state index < -0.39 is 11.5 Å². The fourth-order valence-electron chi connectivity index (χ4n) is 5.15. The van der Waals surface area contributed by atoms with Crippen LogP contribution in [0.25, 0.3) is 0 Å². The zero-order chi connectivity index (χ0) is 18.5. The van der Waals surface area contributed by atoms with Crippen molar-refractivity contribution in [3.63, 3.8) is 0 Å². The van der Waals surface area contributed by atoms with Gasteiger partial charge < -0.3 is 5.11 Å². The van der Waals surface area contributed by atoms with Crippen molar-refractivity contribution < 1.29 is 14.7 Å². The molecule has 0 saturated heterocycles. The van der Waals surface area contributed by atoms with E-state index in [0.717, 1.165) is 11.8 Å². The number of fused-ring (bicyclic) bond motifs is 1. The number of rotatable bonds is 6. The molecule has 0 aliphatic heterocycles. The molecule has 4 heteroatoms. The summed E-state index contributed by atoms with van der Waals surface area (Å²) in [6.45, 7) is 10.7. The molecule has 2 N–H and O–H groups in total. The Hall–Kier alpha value is -1.39. The quantitative estimate of drug-likeness (QED) is 0.755. The summed E-state index contributed by atoms with van der Waals surface area (Å²) in [5, 5.41) is 9.20. The molecule has 3 atom stereocenters. The lowest BCUT2D eigenvalue weighted by atomic mass is 9.74. The van der Waals surface area contributed by atoms with Gasteiger partial charge in [0.25, 0.3) is 0 Å². The number of carboxylic acids is 1. The first kappa shape index (κ1) is 18.4. The first-order valence-corrected chi connectivity index (χ1v) is 9.33. The Labute approximate surface area is 150 Å². The lowest BCUT2D eigenvalue weighted by Gasteiger charge is -2.30. The maximum absolute atomic E-state index is 11.2. The topological polar surface area (TPSA) is 58.6 Å². The third-order valence-electron chi connectivity index (χ3n) is 6.74. The van der Waals surface area contributed by atoms with E-state index in [9.17, 15) is 9.90 Å². The first-order valence-electron chi connectivity index (χ1n) is 9.33. The fraction of sp³-hybridized carbons (Fsp3) is 0.667. The van der Waals surface area contributed by atoms with E-state index in [1.807, 2.05) is 6.07 Å². The predicted octanol–water partition coefficient (Wildman–Crippen LogP) is 4.28. The highest BCUT2D eigenvalue weighted by atomic mass is 16.6. The highest BCUT2D eigenvalue weighted by molar-refractivity contribution is 5.77. The van der Waals surface area contributed by atoms with Gasteiger partial charge >= 0.3 is 5.97 Å². The lowest BCUT2D eigenvalue weighted by molar-refractivity contribution is -0.151. The number of carboxylic acid groups (broad SMARTS) is 1. The molecule has 2 saturated carbocycles. The number of nitrogens with one attached hydrogen (secondary N) is 1. The third-order valence-corrected chi connectivity index (χ3v) is 6.74. The van der Waals surface area contributed by atoms with Gasteiger partial charge in [-0.3, -0.25) is 9.63 Å². The monoisotopic (exact) mass is 345 g/mol. The van der Waals surface area contributed by atoms with Gasteiger partial charge in [0.2, 0.25) is 0 Å². The number of hydrogen-bond donors (Lipinski definition) is 2. The van der Waals surface area contributed by atoms with Crippen molar-refractivity contribution in [2.24, 2.45) is 17.3 Å². The molecule has 1 aromatic rings. The summed E-state index contributed by atoms with van der Waals surface area (Å²) in [6, 6.07) is 8.52. The smallest absolute Gasteiger partial charge is 0.325 e. The average molecular weight is 345 g/mol. The summed E-state index contributed by atoms with van der Waals surface area (Å²) < 4.78 is 0. The molecule has 25 heavy (non-hydrogen) atoms. The maximum Gasteiger partial charge on any atom is 0.325 e. The predicted molar refractivity (Wildman–Crippen MR) is 98.0 cm³/mol. The zero-order valence-corrected chi connectivity index (χ0v) is 16.1. The van der Waals surface area contributed by atoms with E-state index in [1.165, 1.54) is 30.4 Å². The number of aliphatic carboxylic acids is 1.